The van der Waals surface area contributed by atoms with Gasteiger partial charge in [-0.05, 0) is 25.0 Å². The third-order valence-corrected chi connectivity index (χ3v) is 6.85. The molecule has 36 heavy (non-hydrogen) atoms. The van der Waals surface area contributed by atoms with Crippen LogP contribution in [0.2, 0.25) is 5.02 Å². The minimum Gasteiger partial charge on any atom is -0.492 e. The Morgan fingerprint density at radius 2 is 2.03 bits per heavy atom. The van der Waals surface area contributed by atoms with Crippen LogP contribution in [0.4, 0.5) is 17.3 Å². The molecule has 1 saturated heterocycles. The Morgan fingerprint density at radius 3 is 2.89 bits per heavy atom. The van der Waals surface area contributed by atoms with Crippen molar-refractivity contribution >= 4 is 46.3 Å². The summed E-state index contributed by atoms with van der Waals surface area (Å²) in [6, 6.07) is 4.90. The van der Waals surface area contributed by atoms with E-state index < -0.39 is 6.10 Å². The normalized spacial score (nSPS) is 24.5. The smallest absolute Gasteiger partial charge is 0.259 e. The number of amides is 2. The minimum absolute atomic E-state index is 0.0440. The molecule has 2 bridgehead atoms. The third-order valence-electron chi connectivity index (χ3n) is 6.54. The second kappa shape index (κ2) is 10.3. The van der Waals surface area contributed by atoms with Crippen LogP contribution >= 0.6 is 11.6 Å². The largest absolute Gasteiger partial charge is 0.492 e. The molecule has 0 unspecified atom stereocenters. The molecular formula is C24H28ClN7O4. The van der Waals surface area contributed by atoms with E-state index in [2.05, 4.69) is 25.9 Å². The minimum atomic E-state index is -0.541. The van der Waals surface area contributed by atoms with Crippen molar-refractivity contribution in [3.63, 3.8) is 0 Å². The number of ether oxygens (including phenoxy) is 1. The van der Waals surface area contributed by atoms with Gasteiger partial charge in [-0.25, -0.2) is 9.97 Å². The zero-order chi connectivity index (χ0) is 25.2. The predicted octanol–water partition coefficient (Wildman–Crippen LogP) is 1.62. The standard InChI is InChI=1S/C24H28ClN7O4/c1-31-7-5-26-21-20-16(23(34)30-22(20)29-13-28-21)11-27-14-3-4-17(25)19(9-14)36-8-2-6-32-12-15(33)10-18(32)24(31)35/h3-4,9,11,13,15,18,27,33H,2,5-8,10,12H2,1H3,(H2,26,28,29,30,34)/b16-11-/t15-,18-/m1/s1. The van der Waals surface area contributed by atoms with Gasteiger partial charge in [0.2, 0.25) is 5.91 Å². The van der Waals surface area contributed by atoms with Crippen molar-refractivity contribution in [1.82, 2.24) is 19.8 Å². The van der Waals surface area contributed by atoms with Crippen LogP contribution in [0, 0.1) is 0 Å². The van der Waals surface area contributed by atoms with E-state index in [1.807, 2.05) is 4.90 Å². The number of aromatic nitrogens is 2. The van der Waals surface area contributed by atoms with Gasteiger partial charge in [-0.2, -0.15) is 0 Å². The average molecular weight is 514 g/mol. The molecule has 3 aliphatic rings. The lowest BCUT2D eigenvalue weighted by Crippen LogP contribution is -2.45. The summed E-state index contributed by atoms with van der Waals surface area (Å²) >= 11 is 6.33. The van der Waals surface area contributed by atoms with Crippen molar-refractivity contribution in [1.29, 1.82) is 0 Å². The van der Waals surface area contributed by atoms with E-state index in [1.165, 1.54) is 6.33 Å². The molecule has 4 heterocycles. The number of nitrogens with zero attached hydrogens (tertiary/aromatic N) is 4. The molecule has 1 fully saturated rings. The summed E-state index contributed by atoms with van der Waals surface area (Å²) in [6.45, 7) is 2.30. The maximum absolute atomic E-state index is 13.2. The van der Waals surface area contributed by atoms with Crippen LogP contribution in [0.3, 0.4) is 0 Å². The summed E-state index contributed by atoms with van der Waals surface area (Å²) < 4.78 is 5.92. The summed E-state index contributed by atoms with van der Waals surface area (Å²) in [4.78, 5) is 38.0. The highest BCUT2D eigenvalue weighted by molar-refractivity contribution is 6.33. The molecule has 3 aliphatic heterocycles. The second-order valence-corrected chi connectivity index (χ2v) is 9.44. The topological polar surface area (TPSA) is 132 Å². The van der Waals surface area contributed by atoms with Gasteiger partial charge in [0.1, 0.15) is 23.7 Å². The molecule has 11 nitrogen and oxygen atoms in total. The lowest BCUT2D eigenvalue weighted by Gasteiger charge is -2.28. The number of rotatable bonds is 0. The lowest BCUT2D eigenvalue weighted by atomic mass is 10.1. The number of carbonyl (C=O) groups is 2. The predicted molar refractivity (Wildman–Crippen MR) is 136 cm³/mol. The van der Waals surface area contributed by atoms with Crippen molar-refractivity contribution in [2.24, 2.45) is 0 Å². The Labute approximate surface area is 213 Å². The summed E-state index contributed by atoms with van der Waals surface area (Å²) in [5, 5.41) is 19.8. The van der Waals surface area contributed by atoms with Gasteiger partial charge in [0, 0.05) is 51.2 Å². The van der Waals surface area contributed by atoms with Crippen LogP contribution in [-0.4, -0.2) is 88.7 Å². The van der Waals surface area contributed by atoms with Crippen molar-refractivity contribution in [2.45, 2.75) is 25.0 Å². The van der Waals surface area contributed by atoms with E-state index in [0.29, 0.717) is 84.9 Å². The second-order valence-electron chi connectivity index (χ2n) is 9.04. The maximum Gasteiger partial charge on any atom is 0.259 e. The first-order valence-electron chi connectivity index (χ1n) is 11.9. The molecule has 4 N–H and O–H groups in total. The molecule has 0 spiro atoms. The zero-order valence-electron chi connectivity index (χ0n) is 19.8. The summed E-state index contributed by atoms with van der Waals surface area (Å²) in [7, 11) is 1.75. The van der Waals surface area contributed by atoms with Crippen molar-refractivity contribution in [2.75, 3.05) is 55.8 Å². The van der Waals surface area contributed by atoms with Crippen molar-refractivity contribution in [3.05, 3.63) is 41.3 Å². The SMILES string of the molecule is CN1CCNc2ncnc3c2/C(=C/Nc2ccc(Cl)c(c2)OCCCN2C[C@H](O)C[C@@H]2C1=O)C(=O)N3. The first-order valence-corrected chi connectivity index (χ1v) is 12.2. The number of likely N-dealkylation sites (N-methyl/N-ethyl adjacent to an activating group) is 1. The van der Waals surface area contributed by atoms with E-state index in [4.69, 9.17) is 16.3 Å². The monoisotopic (exact) mass is 513 g/mol. The lowest BCUT2D eigenvalue weighted by molar-refractivity contribution is -0.134. The third kappa shape index (κ3) is 4.95. The van der Waals surface area contributed by atoms with Gasteiger partial charge < -0.3 is 30.7 Å². The number of fused-ring (bicyclic) bond motifs is 3. The average Bonchev–Trinajstić information content (AvgIpc) is 3.39. The number of hydrogen-bond donors (Lipinski definition) is 4. The molecule has 5 rings (SSSR count). The molecule has 2 atom stereocenters. The molecule has 190 valence electrons. The number of aliphatic hydroxyl groups is 1. The molecule has 1 aromatic carbocycles. The van der Waals surface area contributed by atoms with Crippen LogP contribution in [-0.2, 0) is 9.59 Å². The molecule has 1 aromatic heterocycles. The summed E-state index contributed by atoms with van der Waals surface area (Å²) in [5.41, 5.74) is 1.63. The van der Waals surface area contributed by atoms with Crippen LogP contribution in [0.15, 0.2) is 30.7 Å². The van der Waals surface area contributed by atoms with Crippen LogP contribution in [0.5, 0.6) is 5.75 Å². The van der Waals surface area contributed by atoms with Gasteiger partial charge in [0.05, 0.1) is 34.9 Å². The van der Waals surface area contributed by atoms with Crippen LogP contribution < -0.4 is 20.7 Å². The Bertz CT molecular complexity index is 1210. The Hall–Kier alpha value is -3.41. The number of aliphatic hydroxyl groups excluding tert-OH is 1. The van der Waals surface area contributed by atoms with Gasteiger partial charge >= 0.3 is 0 Å². The highest BCUT2D eigenvalue weighted by Gasteiger charge is 2.37. The molecule has 0 saturated carbocycles. The quantitative estimate of drug-likeness (QED) is 0.415. The van der Waals surface area contributed by atoms with Crippen molar-refractivity contribution in [3.8, 4) is 5.75 Å². The summed E-state index contributed by atoms with van der Waals surface area (Å²) in [6.07, 6.45) is 3.50. The highest BCUT2D eigenvalue weighted by Crippen LogP contribution is 2.35. The van der Waals surface area contributed by atoms with E-state index >= 15 is 0 Å². The van der Waals surface area contributed by atoms with E-state index in [-0.39, 0.29) is 17.9 Å². The fourth-order valence-electron chi connectivity index (χ4n) is 4.69. The first kappa shape index (κ1) is 24.3. The maximum atomic E-state index is 13.2. The fourth-order valence-corrected chi connectivity index (χ4v) is 4.87. The number of nitrogens with one attached hydrogen (secondary N) is 3. The van der Waals surface area contributed by atoms with Gasteiger partial charge in [0.15, 0.2) is 0 Å². The number of anilines is 3. The molecule has 2 amide bonds. The summed E-state index contributed by atoms with van der Waals surface area (Å²) in [5.74, 6) is 1.07. The van der Waals surface area contributed by atoms with Gasteiger partial charge in [-0.3, -0.25) is 14.5 Å². The number of halogens is 1. The molecule has 12 heteroatoms. The van der Waals surface area contributed by atoms with E-state index in [9.17, 15) is 14.7 Å². The number of benzene rings is 1. The number of hydrogen-bond acceptors (Lipinski definition) is 9. The molecule has 0 aliphatic carbocycles. The fraction of sp³-hybridized carbons (Fsp3) is 0.417. The molecular weight excluding hydrogens is 486 g/mol. The zero-order valence-corrected chi connectivity index (χ0v) is 20.6. The Kier molecular flexibility index (Phi) is 6.95. The van der Waals surface area contributed by atoms with Crippen molar-refractivity contribution < 1.29 is 19.4 Å². The van der Waals surface area contributed by atoms with Gasteiger partial charge in [0.25, 0.3) is 5.91 Å². The Morgan fingerprint density at radius 1 is 1.19 bits per heavy atom. The van der Waals surface area contributed by atoms with Gasteiger partial charge in [-0.1, -0.05) is 11.6 Å². The van der Waals surface area contributed by atoms with Crippen LogP contribution in [0.1, 0.15) is 18.4 Å². The van der Waals surface area contributed by atoms with E-state index in [1.54, 1.807) is 36.3 Å². The Balaban J connectivity index is 1.45. The van der Waals surface area contributed by atoms with Crippen LogP contribution in [0.25, 0.3) is 5.57 Å². The molecule has 0 radical (unpaired) electrons. The van der Waals surface area contributed by atoms with E-state index in [0.717, 1.165) is 0 Å². The highest BCUT2D eigenvalue weighted by atomic mass is 35.5. The number of carbonyl (C=O) groups excluding carboxylic acids is 2. The van der Waals surface area contributed by atoms with Gasteiger partial charge in [-0.15, -0.1) is 0 Å². The first-order chi connectivity index (χ1) is 17.4. The molecule has 2 aromatic rings.